The molecule has 3 fully saturated rings. The molecule has 0 amide bonds. The number of nitrogens with zero attached hydrogens (tertiary/aromatic N) is 4. The Morgan fingerprint density at radius 1 is 1.14 bits per heavy atom. The lowest BCUT2D eigenvalue weighted by Gasteiger charge is -2.30. The van der Waals surface area contributed by atoms with Crippen molar-refractivity contribution in [2.24, 2.45) is 17.8 Å². The molecule has 1 aromatic heterocycles. The van der Waals surface area contributed by atoms with Gasteiger partial charge in [-0.1, -0.05) is 11.6 Å². The highest BCUT2D eigenvalue weighted by Crippen LogP contribution is 2.43. The lowest BCUT2D eigenvalue weighted by molar-refractivity contribution is -0.137. The third kappa shape index (κ3) is 5.27. The summed E-state index contributed by atoms with van der Waals surface area (Å²) in [6, 6.07) is 3.22. The van der Waals surface area contributed by atoms with E-state index in [2.05, 4.69) is 15.1 Å². The Morgan fingerprint density at radius 3 is 2.51 bits per heavy atom. The van der Waals surface area contributed by atoms with E-state index in [0.29, 0.717) is 24.8 Å². The number of rotatable bonds is 5. The van der Waals surface area contributed by atoms with Crippen LogP contribution in [0.5, 0.6) is 0 Å². The van der Waals surface area contributed by atoms with Gasteiger partial charge in [-0.3, -0.25) is 0 Å². The molecular formula is C25H29ClF4N4O. The topological polar surface area (TPSA) is 41.5 Å². The summed E-state index contributed by atoms with van der Waals surface area (Å²) in [5, 5.41) is 7.53. The van der Waals surface area contributed by atoms with Crippen LogP contribution in [0.2, 0.25) is 5.02 Å². The fraction of sp³-hybridized carbons (Fsp3) is 0.600. The van der Waals surface area contributed by atoms with Crippen molar-refractivity contribution in [3.8, 4) is 11.3 Å². The number of hydrogen-bond acceptors (Lipinski definition) is 5. The SMILES string of the molecule is [2H]C([2H])([2H])N(c1cc(C(F)(F)F)c(-c2cc(F)ccc2Cl)nn1)C1CC2CN(CC3CCOCC3)CC2C1. The molecule has 2 aromatic rings. The summed E-state index contributed by atoms with van der Waals surface area (Å²) in [6.45, 7) is 1.54. The fourth-order valence-electron chi connectivity index (χ4n) is 5.80. The molecule has 2 saturated heterocycles. The van der Waals surface area contributed by atoms with Gasteiger partial charge in [0.15, 0.2) is 5.82 Å². The van der Waals surface area contributed by atoms with E-state index in [-0.39, 0.29) is 28.2 Å². The molecule has 0 N–H and O–H groups in total. The van der Waals surface area contributed by atoms with Gasteiger partial charge in [0, 0.05) is 55.5 Å². The molecule has 10 heteroatoms. The lowest BCUT2D eigenvalue weighted by Crippen LogP contribution is -2.35. The van der Waals surface area contributed by atoms with Crippen LogP contribution < -0.4 is 4.90 Å². The molecule has 0 spiro atoms. The molecule has 2 unspecified atom stereocenters. The van der Waals surface area contributed by atoms with Gasteiger partial charge < -0.3 is 14.5 Å². The number of hydrogen-bond donors (Lipinski definition) is 0. The minimum atomic E-state index is -4.90. The molecule has 0 radical (unpaired) electrons. The maximum atomic E-state index is 14.1. The minimum Gasteiger partial charge on any atom is -0.381 e. The summed E-state index contributed by atoms with van der Waals surface area (Å²) >= 11 is 6.05. The van der Waals surface area contributed by atoms with Crippen molar-refractivity contribution in [3.63, 3.8) is 0 Å². The van der Waals surface area contributed by atoms with Gasteiger partial charge in [0.05, 0.1) is 10.6 Å². The van der Waals surface area contributed by atoms with Crippen molar-refractivity contribution in [1.82, 2.24) is 15.1 Å². The van der Waals surface area contributed by atoms with Gasteiger partial charge in [0.25, 0.3) is 0 Å². The largest absolute Gasteiger partial charge is 0.418 e. The molecule has 1 aliphatic carbocycles. The number of alkyl halides is 3. The monoisotopic (exact) mass is 515 g/mol. The Bertz CT molecular complexity index is 1150. The molecule has 1 aromatic carbocycles. The van der Waals surface area contributed by atoms with E-state index < -0.39 is 36.3 Å². The summed E-state index contributed by atoms with van der Waals surface area (Å²) in [5.74, 6) is -0.0258. The van der Waals surface area contributed by atoms with Crippen LogP contribution in [0.15, 0.2) is 24.3 Å². The van der Waals surface area contributed by atoms with Crippen molar-refractivity contribution in [3.05, 3.63) is 40.7 Å². The lowest BCUT2D eigenvalue weighted by atomic mass is 10.00. The van der Waals surface area contributed by atoms with Gasteiger partial charge in [-0.05, 0) is 67.7 Å². The van der Waals surface area contributed by atoms with Crippen molar-refractivity contribution >= 4 is 17.4 Å². The van der Waals surface area contributed by atoms with Gasteiger partial charge in [0.1, 0.15) is 11.5 Å². The van der Waals surface area contributed by atoms with Crippen LogP contribution in [0.1, 0.15) is 35.4 Å². The van der Waals surface area contributed by atoms with Crippen LogP contribution in [0, 0.1) is 23.6 Å². The van der Waals surface area contributed by atoms with Gasteiger partial charge in [-0.15, -0.1) is 10.2 Å². The first-order valence-corrected chi connectivity index (χ1v) is 12.3. The molecule has 5 rings (SSSR count). The molecule has 5 nitrogen and oxygen atoms in total. The zero-order valence-electron chi connectivity index (χ0n) is 22.1. The van der Waals surface area contributed by atoms with Crippen molar-refractivity contribution < 1.29 is 26.4 Å². The molecule has 2 aliphatic heterocycles. The van der Waals surface area contributed by atoms with Gasteiger partial charge >= 0.3 is 6.18 Å². The van der Waals surface area contributed by atoms with Crippen LogP contribution in [0.3, 0.4) is 0 Å². The Hall–Kier alpha value is -1.97. The summed E-state index contributed by atoms with van der Waals surface area (Å²) in [4.78, 5) is 3.44. The van der Waals surface area contributed by atoms with Crippen molar-refractivity contribution in [2.45, 2.75) is 37.9 Å². The van der Waals surface area contributed by atoms with E-state index in [0.717, 1.165) is 68.8 Å². The first kappa shape index (κ1) is 21.1. The smallest absolute Gasteiger partial charge is 0.381 e. The Kier molecular flexibility index (Phi) is 5.94. The summed E-state index contributed by atoms with van der Waals surface area (Å²) in [7, 11) is 0. The third-order valence-corrected chi connectivity index (χ3v) is 7.87. The van der Waals surface area contributed by atoms with Gasteiger partial charge in [-0.2, -0.15) is 13.2 Å². The third-order valence-electron chi connectivity index (χ3n) is 7.54. The zero-order valence-corrected chi connectivity index (χ0v) is 19.8. The maximum Gasteiger partial charge on any atom is 0.418 e. The first-order chi connectivity index (χ1) is 17.9. The molecule has 2 atom stereocenters. The number of likely N-dealkylation sites (tertiary alicyclic amines) is 1. The quantitative estimate of drug-likeness (QED) is 0.490. The number of fused-ring (bicyclic) bond motifs is 1. The normalized spacial score (nSPS) is 27.3. The van der Waals surface area contributed by atoms with E-state index in [1.807, 2.05) is 0 Å². The second-order valence-electron chi connectivity index (χ2n) is 9.88. The fourth-order valence-corrected chi connectivity index (χ4v) is 6.01. The van der Waals surface area contributed by atoms with Crippen LogP contribution in [0.25, 0.3) is 11.3 Å². The van der Waals surface area contributed by atoms with E-state index in [4.69, 9.17) is 20.5 Å². The minimum absolute atomic E-state index is 0.124. The van der Waals surface area contributed by atoms with Gasteiger partial charge in [-0.25, -0.2) is 4.39 Å². The van der Waals surface area contributed by atoms with Crippen molar-refractivity contribution in [2.75, 3.05) is 44.7 Å². The van der Waals surface area contributed by atoms with E-state index in [1.54, 1.807) is 0 Å². The molecule has 3 heterocycles. The van der Waals surface area contributed by atoms with Crippen LogP contribution in [0.4, 0.5) is 23.4 Å². The highest BCUT2D eigenvalue weighted by atomic mass is 35.5. The predicted molar refractivity (Wildman–Crippen MR) is 126 cm³/mol. The van der Waals surface area contributed by atoms with E-state index in [9.17, 15) is 17.6 Å². The summed E-state index contributed by atoms with van der Waals surface area (Å²) < 4.78 is 86.0. The average molecular weight is 516 g/mol. The highest BCUT2D eigenvalue weighted by Gasteiger charge is 2.43. The highest BCUT2D eigenvalue weighted by molar-refractivity contribution is 6.33. The van der Waals surface area contributed by atoms with Gasteiger partial charge in [0.2, 0.25) is 0 Å². The summed E-state index contributed by atoms with van der Waals surface area (Å²) in [5.41, 5.74) is -2.13. The molecule has 35 heavy (non-hydrogen) atoms. The number of aromatic nitrogens is 2. The molecule has 3 aliphatic rings. The number of benzene rings is 1. The Labute approximate surface area is 211 Å². The number of ether oxygens (including phenoxy) is 1. The molecule has 190 valence electrons. The molecule has 0 bridgehead atoms. The Balaban J connectivity index is 1.39. The second kappa shape index (κ2) is 9.82. The molecular weight excluding hydrogens is 484 g/mol. The number of halogens is 5. The average Bonchev–Trinajstić information content (AvgIpc) is 3.38. The van der Waals surface area contributed by atoms with E-state index >= 15 is 0 Å². The standard InChI is InChI=1S/C25H29ClF4N4O/c1-33(19-8-16-13-34(14-17(16)9-19)12-15-4-6-35-7-5-15)23-11-21(25(28,29)30)24(32-31-23)20-10-18(27)2-3-22(20)26/h2-3,10-11,15-17,19H,4-9,12-14H2,1H3/i1D3. The molecule has 1 saturated carbocycles. The van der Waals surface area contributed by atoms with Crippen LogP contribution in [-0.2, 0) is 10.9 Å². The first-order valence-electron chi connectivity index (χ1n) is 13.4. The second-order valence-corrected chi connectivity index (χ2v) is 10.3. The predicted octanol–water partition coefficient (Wildman–Crippen LogP) is 5.53. The maximum absolute atomic E-state index is 14.1. The van der Waals surface area contributed by atoms with Crippen LogP contribution in [-0.4, -0.2) is 61.0 Å². The van der Waals surface area contributed by atoms with Crippen LogP contribution >= 0.6 is 11.6 Å². The van der Waals surface area contributed by atoms with Crippen molar-refractivity contribution in [1.29, 1.82) is 0 Å². The number of anilines is 1. The zero-order chi connectivity index (χ0) is 27.2. The Morgan fingerprint density at radius 2 is 1.86 bits per heavy atom. The summed E-state index contributed by atoms with van der Waals surface area (Å²) in [6.07, 6.45) is -1.72. The van der Waals surface area contributed by atoms with E-state index in [1.165, 1.54) is 0 Å².